The van der Waals surface area contributed by atoms with Crippen LogP contribution >= 0.6 is 11.8 Å². The highest BCUT2D eigenvalue weighted by Crippen LogP contribution is 2.28. The summed E-state index contributed by atoms with van der Waals surface area (Å²) in [5, 5.41) is 4.45. The SMILES string of the molecule is Cc1cn(CC2CCCCS2)c(NC2CCCC2)n1. The van der Waals surface area contributed by atoms with Gasteiger partial charge < -0.3 is 9.88 Å². The predicted octanol–water partition coefficient (Wildman–Crippen LogP) is 3.83. The van der Waals surface area contributed by atoms with Crippen molar-refractivity contribution < 1.29 is 0 Å². The van der Waals surface area contributed by atoms with Gasteiger partial charge in [-0.05, 0) is 38.4 Å². The largest absolute Gasteiger partial charge is 0.353 e. The van der Waals surface area contributed by atoms with E-state index in [0.29, 0.717) is 6.04 Å². The molecular weight excluding hydrogens is 254 g/mol. The van der Waals surface area contributed by atoms with Gasteiger partial charge in [0.2, 0.25) is 5.95 Å². The predicted molar refractivity (Wildman–Crippen MR) is 82.9 cm³/mol. The van der Waals surface area contributed by atoms with Crippen molar-refractivity contribution in [1.29, 1.82) is 0 Å². The van der Waals surface area contributed by atoms with E-state index in [1.807, 2.05) is 0 Å². The highest BCUT2D eigenvalue weighted by atomic mass is 32.2. The van der Waals surface area contributed by atoms with Crippen LogP contribution in [0.3, 0.4) is 0 Å². The molecule has 3 rings (SSSR count). The zero-order valence-electron chi connectivity index (χ0n) is 11.9. The molecule has 1 aliphatic carbocycles. The van der Waals surface area contributed by atoms with Crippen LogP contribution in [0.1, 0.15) is 50.6 Å². The fourth-order valence-corrected chi connectivity index (χ4v) is 4.53. The van der Waals surface area contributed by atoms with Gasteiger partial charge in [0.25, 0.3) is 0 Å². The standard InChI is InChI=1S/C15H25N3S/c1-12-10-18(11-14-8-4-5-9-19-14)15(16-12)17-13-6-2-3-7-13/h10,13-14H,2-9,11H2,1H3,(H,16,17). The Morgan fingerprint density at radius 1 is 1.26 bits per heavy atom. The van der Waals surface area contributed by atoms with Crippen LogP contribution in [0.2, 0.25) is 0 Å². The molecule has 1 aliphatic heterocycles. The molecule has 1 unspecified atom stereocenters. The molecule has 2 fully saturated rings. The minimum Gasteiger partial charge on any atom is -0.353 e. The molecule has 1 saturated carbocycles. The van der Waals surface area contributed by atoms with Crippen molar-refractivity contribution in [1.82, 2.24) is 9.55 Å². The van der Waals surface area contributed by atoms with Crippen LogP contribution < -0.4 is 5.32 Å². The van der Waals surface area contributed by atoms with Gasteiger partial charge in [-0.15, -0.1) is 0 Å². The van der Waals surface area contributed by atoms with Crippen molar-refractivity contribution in [2.45, 2.75) is 69.7 Å². The smallest absolute Gasteiger partial charge is 0.203 e. The van der Waals surface area contributed by atoms with Gasteiger partial charge in [0.1, 0.15) is 0 Å². The molecule has 1 saturated heterocycles. The molecule has 0 spiro atoms. The molecule has 1 aromatic heterocycles. The number of anilines is 1. The lowest BCUT2D eigenvalue weighted by atomic mass is 10.2. The third-order valence-corrected chi connectivity index (χ3v) is 5.64. The maximum atomic E-state index is 4.68. The van der Waals surface area contributed by atoms with E-state index >= 15 is 0 Å². The maximum Gasteiger partial charge on any atom is 0.203 e. The molecule has 3 nitrogen and oxygen atoms in total. The first-order chi connectivity index (χ1) is 9.31. The van der Waals surface area contributed by atoms with Gasteiger partial charge in [-0.25, -0.2) is 4.98 Å². The summed E-state index contributed by atoms with van der Waals surface area (Å²) in [6, 6.07) is 0.652. The molecule has 0 aromatic carbocycles. The quantitative estimate of drug-likeness (QED) is 0.908. The second-order valence-electron chi connectivity index (χ2n) is 5.97. The van der Waals surface area contributed by atoms with Crippen molar-refractivity contribution in [3.8, 4) is 0 Å². The number of thioether (sulfide) groups is 1. The molecule has 2 aliphatic rings. The van der Waals surface area contributed by atoms with E-state index in [2.05, 4.69) is 39.8 Å². The van der Waals surface area contributed by atoms with E-state index in [1.54, 1.807) is 0 Å². The van der Waals surface area contributed by atoms with Gasteiger partial charge in [0, 0.05) is 24.0 Å². The molecule has 0 bridgehead atoms. The van der Waals surface area contributed by atoms with Crippen molar-refractivity contribution >= 4 is 17.7 Å². The Balaban J connectivity index is 1.65. The second-order valence-corrected chi connectivity index (χ2v) is 7.38. The molecule has 2 heterocycles. The van der Waals surface area contributed by atoms with Crippen molar-refractivity contribution in [2.24, 2.45) is 0 Å². The summed E-state index contributed by atoms with van der Waals surface area (Å²) in [4.78, 5) is 4.68. The lowest BCUT2D eigenvalue weighted by molar-refractivity contribution is 0.581. The van der Waals surface area contributed by atoms with Crippen LogP contribution in [0.25, 0.3) is 0 Å². The van der Waals surface area contributed by atoms with Gasteiger partial charge >= 0.3 is 0 Å². The number of nitrogens with zero attached hydrogens (tertiary/aromatic N) is 2. The Hall–Kier alpha value is -0.640. The van der Waals surface area contributed by atoms with E-state index in [0.717, 1.165) is 23.4 Å². The lowest BCUT2D eigenvalue weighted by Gasteiger charge is -2.23. The van der Waals surface area contributed by atoms with E-state index in [1.165, 1.54) is 50.7 Å². The molecule has 1 aromatic rings. The topological polar surface area (TPSA) is 29.9 Å². The summed E-state index contributed by atoms with van der Waals surface area (Å²) in [5.74, 6) is 2.44. The van der Waals surface area contributed by atoms with Crippen LogP contribution in [0, 0.1) is 6.92 Å². The average Bonchev–Trinajstić information content (AvgIpc) is 3.02. The Bertz CT molecular complexity index is 404. The maximum absolute atomic E-state index is 4.68. The van der Waals surface area contributed by atoms with Crippen molar-refractivity contribution in [3.63, 3.8) is 0 Å². The van der Waals surface area contributed by atoms with Crippen molar-refractivity contribution in [2.75, 3.05) is 11.1 Å². The van der Waals surface area contributed by atoms with Crippen LogP contribution in [0.15, 0.2) is 6.20 Å². The Kier molecular flexibility index (Phi) is 4.36. The van der Waals surface area contributed by atoms with E-state index < -0.39 is 0 Å². The van der Waals surface area contributed by atoms with E-state index in [9.17, 15) is 0 Å². The molecule has 4 heteroatoms. The third-order valence-electron chi connectivity index (χ3n) is 4.26. The summed E-state index contributed by atoms with van der Waals surface area (Å²) in [7, 11) is 0. The van der Waals surface area contributed by atoms with Crippen LogP contribution in [0.5, 0.6) is 0 Å². The summed E-state index contributed by atoms with van der Waals surface area (Å²) in [6.07, 6.45) is 11.7. The highest BCUT2D eigenvalue weighted by molar-refractivity contribution is 7.99. The number of aryl methyl sites for hydroxylation is 1. The number of hydrogen-bond acceptors (Lipinski definition) is 3. The van der Waals surface area contributed by atoms with Crippen LogP contribution in [0.4, 0.5) is 5.95 Å². The Morgan fingerprint density at radius 3 is 2.79 bits per heavy atom. The minimum absolute atomic E-state index is 0.652. The number of rotatable bonds is 4. The zero-order valence-corrected chi connectivity index (χ0v) is 12.7. The normalized spacial score (nSPS) is 24.8. The van der Waals surface area contributed by atoms with Gasteiger partial charge in [-0.1, -0.05) is 19.3 Å². The summed E-state index contributed by atoms with van der Waals surface area (Å²) < 4.78 is 2.36. The van der Waals surface area contributed by atoms with Crippen LogP contribution in [-0.4, -0.2) is 26.6 Å². The average molecular weight is 279 g/mol. The minimum atomic E-state index is 0.652. The summed E-state index contributed by atoms with van der Waals surface area (Å²) in [6.45, 7) is 3.23. The molecule has 1 N–H and O–H groups in total. The van der Waals surface area contributed by atoms with E-state index in [4.69, 9.17) is 0 Å². The summed E-state index contributed by atoms with van der Waals surface area (Å²) >= 11 is 2.14. The molecule has 1 atom stereocenters. The molecular formula is C15H25N3S. The van der Waals surface area contributed by atoms with Gasteiger partial charge in [-0.3, -0.25) is 0 Å². The van der Waals surface area contributed by atoms with E-state index in [-0.39, 0.29) is 0 Å². The van der Waals surface area contributed by atoms with Crippen molar-refractivity contribution in [3.05, 3.63) is 11.9 Å². The number of nitrogens with one attached hydrogen (secondary N) is 1. The Morgan fingerprint density at radius 2 is 2.05 bits per heavy atom. The molecule has 19 heavy (non-hydrogen) atoms. The fourth-order valence-electron chi connectivity index (χ4n) is 3.22. The second kappa shape index (κ2) is 6.21. The van der Waals surface area contributed by atoms with Gasteiger partial charge in [-0.2, -0.15) is 11.8 Å². The number of imidazole rings is 1. The monoisotopic (exact) mass is 279 g/mol. The summed E-state index contributed by atoms with van der Waals surface area (Å²) in [5.41, 5.74) is 1.14. The molecule has 106 valence electrons. The molecule has 0 amide bonds. The zero-order chi connectivity index (χ0) is 13.1. The first kappa shape index (κ1) is 13.3. The number of hydrogen-bond donors (Lipinski definition) is 1. The van der Waals surface area contributed by atoms with Gasteiger partial charge in [0.05, 0.1) is 5.69 Å². The van der Waals surface area contributed by atoms with Gasteiger partial charge in [0.15, 0.2) is 0 Å². The lowest BCUT2D eigenvalue weighted by Crippen LogP contribution is -2.21. The fraction of sp³-hybridized carbons (Fsp3) is 0.800. The highest BCUT2D eigenvalue weighted by Gasteiger charge is 2.20. The third kappa shape index (κ3) is 3.47. The first-order valence-corrected chi connectivity index (χ1v) is 8.78. The molecule has 0 radical (unpaired) electrons. The first-order valence-electron chi connectivity index (χ1n) is 7.73. The Labute approximate surface area is 120 Å². The van der Waals surface area contributed by atoms with Crippen LogP contribution in [-0.2, 0) is 6.54 Å². The number of aromatic nitrogens is 2.